The second-order valence-corrected chi connectivity index (χ2v) is 9.05. The van der Waals surface area contributed by atoms with Crippen molar-refractivity contribution >= 4 is 11.6 Å². The minimum Gasteiger partial charge on any atom is -0.497 e. The number of piperidine rings is 1. The maximum atomic E-state index is 12.9. The Bertz CT molecular complexity index is 1180. The molecule has 5 rings (SSSR count). The maximum absolute atomic E-state index is 12.9. The van der Waals surface area contributed by atoms with Gasteiger partial charge in [-0.15, -0.1) is 0 Å². The highest BCUT2D eigenvalue weighted by molar-refractivity contribution is 6.00. The van der Waals surface area contributed by atoms with Crippen molar-refractivity contribution in [1.29, 1.82) is 0 Å². The molecule has 0 N–H and O–H groups in total. The van der Waals surface area contributed by atoms with E-state index in [2.05, 4.69) is 41.1 Å². The summed E-state index contributed by atoms with van der Waals surface area (Å²) in [6.45, 7) is 5.57. The molecule has 0 aliphatic carbocycles. The normalized spacial score (nSPS) is 16.9. The van der Waals surface area contributed by atoms with Crippen molar-refractivity contribution in [3.05, 3.63) is 76.7 Å². The molecule has 0 atom stereocenters. The summed E-state index contributed by atoms with van der Waals surface area (Å²) >= 11 is 0. The third-order valence-corrected chi connectivity index (χ3v) is 6.80. The van der Waals surface area contributed by atoms with E-state index in [1.54, 1.807) is 13.2 Å². The number of carbonyl (C=O) groups excluding carboxylic acids is 1. The van der Waals surface area contributed by atoms with Crippen LogP contribution in [0.25, 0.3) is 0 Å². The largest absolute Gasteiger partial charge is 0.497 e. The molecule has 33 heavy (non-hydrogen) atoms. The third-order valence-electron chi connectivity index (χ3n) is 6.80. The van der Waals surface area contributed by atoms with Crippen LogP contribution in [0.3, 0.4) is 0 Å². The number of aromatic nitrogens is 2. The van der Waals surface area contributed by atoms with Gasteiger partial charge < -0.3 is 14.4 Å². The number of benzene rings is 2. The fourth-order valence-corrected chi connectivity index (χ4v) is 4.99. The van der Waals surface area contributed by atoms with Gasteiger partial charge in [-0.25, -0.2) is 9.97 Å². The summed E-state index contributed by atoms with van der Waals surface area (Å²) in [7, 11) is 1.62. The van der Waals surface area contributed by atoms with Gasteiger partial charge in [-0.1, -0.05) is 30.3 Å². The predicted molar refractivity (Wildman–Crippen MR) is 128 cm³/mol. The van der Waals surface area contributed by atoms with Gasteiger partial charge in [0.2, 0.25) is 0 Å². The molecule has 2 aliphatic rings. The monoisotopic (exact) mass is 443 g/mol. The molecule has 0 bridgehead atoms. The number of fused-ring (bicyclic) bond motifs is 1. The lowest BCUT2D eigenvalue weighted by molar-refractivity contribution is 0.0229. The van der Waals surface area contributed by atoms with Crippen LogP contribution in [0, 0.1) is 13.8 Å². The van der Waals surface area contributed by atoms with Crippen LogP contribution in [0.1, 0.15) is 52.3 Å². The van der Waals surface area contributed by atoms with Gasteiger partial charge in [0.15, 0.2) is 5.78 Å². The Balaban J connectivity index is 1.39. The van der Waals surface area contributed by atoms with E-state index in [1.807, 2.05) is 25.1 Å². The molecule has 1 aromatic heterocycles. The van der Waals surface area contributed by atoms with E-state index in [1.165, 1.54) is 11.1 Å². The highest BCUT2D eigenvalue weighted by Crippen LogP contribution is 2.41. The number of Topliss-reactive ketones (excluding diaryl/α,β-unsaturated/α-hetero) is 1. The van der Waals surface area contributed by atoms with E-state index in [0.717, 1.165) is 49.7 Å². The number of ether oxygens (including phenoxy) is 2. The molecule has 1 saturated heterocycles. The van der Waals surface area contributed by atoms with Crippen LogP contribution in [0.5, 0.6) is 11.5 Å². The smallest absolute Gasteiger partial charge is 0.170 e. The molecule has 6 nitrogen and oxygen atoms in total. The predicted octanol–water partition coefficient (Wildman–Crippen LogP) is 4.70. The summed E-state index contributed by atoms with van der Waals surface area (Å²) in [6.07, 6.45) is 2.75. The highest BCUT2D eigenvalue weighted by Gasteiger charge is 2.43. The molecule has 1 spiro atoms. The van der Waals surface area contributed by atoms with Crippen LogP contribution >= 0.6 is 0 Å². The van der Waals surface area contributed by atoms with E-state index in [0.29, 0.717) is 23.5 Å². The van der Waals surface area contributed by atoms with Crippen molar-refractivity contribution in [2.24, 2.45) is 0 Å². The van der Waals surface area contributed by atoms with Gasteiger partial charge in [-0.05, 0) is 31.5 Å². The lowest BCUT2D eigenvalue weighted by Crippen LogP contribution is -2.51. The Morgan fingerprint density at radius 1 is 1.06 bits per heavy atom. The van der Waals surface area contributed by atoms with Crippen LogP contribution in [-0.4, -0.2) is 41.6 Å². The standard InChI is InChI=1S/C27H29N3O3/c1-18-23(15-20-7-5-4-6-8-20)26(29-19(2)28-18)30-13-11-27(12-14-30)17-24(31)22-10-9-21(32-3)16-25(22)33-27/h4-10,16H,11-15,17H2,1-3H3. The summed E-state index contributed by atoms with van der Waals surface area (Å²) < 4.78 is 11.8. The van der Waals surface area contributed by atoms with Gasteiger partial charge in [0.25, 0.3) is 0 Å². The zero-order chi connectivity index (χ0) is 23.0. The van der Waals surface area contributed by atoms with Crippen molar-refractivity contribution in [3.63, 3.8) is 0 Å². The first-order valence-corrected chi connectivity index (χ1v) is 11.5. The van der Waals surface area contributed by atoms with E-state index in [-0.39, 0.29) is 5.78 Å². The Morgan fingerprint density at radius 3 is 2.55 bits per heavy atom. The van der Waals surface area contributed by atoms with Gasteiger partial charge in [-0.3, -0.25) is 4.79 Å². The van der Waals surface area contributed by atoms with Crippen molar-refractivity contribution in [3.8, 4) is 11.5 Å². The Morgan fingerprint density at radius 2 is 1.82 bits per heavy atom. The topological polar surface area (TPSA) is 64.6 Å². The number of ketones is 1. The van der Waals surface area contributed by atoms with Gasteiger partial charge in [0, 0.05) is 49.7 Å². The SMILES string of the molecule is COc1ccc2c(c1)OC1(CCN(c3nc(C)nc(C)c3Cc3ccccc3)CC1)CC2=O. The van der Waals surface area contributed by atoms with Crippen molar-refractivity contribution < 1.29 is 14.3 Å². The Kier molecular flexibility index (Phi) is 5.52. The molecule has 3 heterocycles. The van der Waals surface area contributed by atoms with E-state index < -0.39 is 5.60 Å². The highest BCUT2D eigenvalue weighted by atomic mass is 16.5. The molecular formula is C27H29N3O3. The van der Waals surface area contributed by atoms with Crippen LogP contribution < -0.4 is 14.4 Å². The second kappa shape index (κ2) is 8.50. The number of hydrogen-bond acceptors (Lipinski definition) is 6. The second-order valence-electron chi connectivity index (χ2n) is 9.05. The fraction of sp³-hybridized carbons (Fsp3) is 0.370. The summed E-state index contributed by atoms with van der Waals surface area (Å²) in [5, 5.41) is 0. The quantitative estimate of drug-likeness (QED) is 0.583. The van der Waals surface area contributed by atoms with Crippen molar-refractivity contribution in [2.75, 3.05) is 25.1 Å². The number of hydrogen-bond donors (Lipinski definition) is 0. The minimum absolute atomic E-state index is 0.144. The molecule has 6 heteroatoms. The molecule has 170 valence electrons. The molecule has 2 aliphatic heterocycles. The van der Waals surface area contributed by atoms with E-state index in [9.17, 15) is 4.79 Å². The third kappa shape index (κ3) is 4.17. The van der Waals surface area contributed by atoms with Gasteiger partial charge >= 0.3 is 0 Å². The molecule has 0 radical (unpaired) electrons. The Labute approximate surface area is 194 Å². The zero-order valence-electron chi connectivity index (χ0n) is 19.4. The fourth-order valence-electron chi connectivity index (χ4n) is 4.99. The summed E-state index contributed by atoms with van der Waals surface area (Å²) in [5.41, 5.74) is 3.61. The zero-order valence-corrected chi connectivity index (χ0v) is 19.4. The molecule has 3 aromatic rings. The first kappa shape index (κ1) is 21.4. The molecule has 0 amide bonds. The summed E-state index contributed by atoms with van der Waals surface area (Å²) in [6, 6.07) is 15.9. The first-order valence-electron chi connectivity index (χ1n) is 11.5. The molecular weight excluding hydrogens is 414 g/mol. The molecule has 0 saturated carbocycles. The molecule has 0 unspecified atom stereocenters. The maximum Gasteiger partial charge on any atom is 0.170 e. The Hall–Kier alpha value is -3.41. The summed E-state index contributed by atoms with van der Waals surface area (Å²) in [4.78, 5) is 24.7. The number of carbonyl (C=O) groups is 1. The summed E-state index contributed by atoms with van der Waals surface area (Å²) in [5.74, 6) is 3.27. The number of methoxy groups -OCH3 is 1. The number of nitrogens with zero attached hydrogens (tertiary/aromatic N) is 3. The lowest BCUT2D eigenvalue weighted by Gasteiger charge is -2.44. The minimum atomic E-state index is -0.469. The average Bonchev–Trinajstić information content (AvgIpc) is 2.81. The van der Waals surface area contributed by atoms with E-state index in [4.69, 9.17) is 14.5 Å². The first-order chi connectivity index (χ1) is 16.0. The van der Waals surface area contributed by atoms with Crippen LogP contribution in [0.15, 0.2) is 48.5 Å². The number of anilines is 1. The average molecular weight is 444 g/mol. The molecule has 1 fully saturated rings. The van der Waals surface area contributed by atoms with E-state index >= 15 is 0 Å². The number of aryl methyl sites for hydroxylation is 2. The van der Waals surface area contributed by atoms with Gasteiger partial charge in [-0.2, -0.15) is 0 Å². The van der Waals surface area contributed by atoms with Crippen molar-refractivity contribution in [1.82, 2.24) is 9.97 Å². The molecule has 2 aromatic carbocycles. The number of rotatable bonds is 4. The van der Waals surface area contributed by atoms with Crippen LogP contribution in [0.2, 0.25) is 0 Å². The van der Waals surface area contributed by atoms with Gasteiger partial charge in [0.1, 0.15) is 28.7 Å². The van der Waals surface area contributed by atoms with Crippen molar-refractivity contribution in [2.45, 2.75) is 45.1 Å². The van der Waals surface area contributed by atoms with Crippen LogP contribution in [-0.2, 0) is 6.42 Å². The lowest BCUT2D eigenvalue weighted by atomic mass is 9.82. The van der Waals surface area contributed by atoms with Gasteiger partial charge in [0.05, 0.1) is 19.1 Å². The van der Waals surface area contributed by atoms with Crippen LogP contribution in [0.4, 0.5) is 5.82 Å².